The van der Waals surface area contributed by atoms with E-state index in [1.165, 1.54) is 0 Å². The van der Waals surface area contributed by atoms with Crippen molar-refractivity contribution in [3.8, 4) is 22.9 Å². The molecule has 2 aromatic carbocycles. The van der Waals surface area contributed by atoms with Gasteiger partial charge in [-0.1, -0.05) is 28.9 Å². The van der Waals surface area contributed by atoms with Gasteiger partial charge in [0, 0.05) is 10.6 Å². The second-order valence-corrected chi connectivity index (χ2v) is 6.56. The molecule has 3 aromatic rings. The number of hydrogen-bond acceptors (Lipinski definition) is 6. The van der Waals surface area contributed by atoms with Gasteiger partial charge in [0.1, 0.15) is 11.5 Å². The first-order valence-corrected chi connectivity index (χ1v) is 8.97. The van der Waals surface area contributed by atoms with Crippen LogP contribution in [0.4, 0.5) is 0 Å². The highest BCUT2D eigenvalue weighted by Gasteiger charge is 2.11. The number of methoxy groups -OCH3 is 1. The van der Waals surface area contributed by atoms with Gasteiger partial charge in [-0.2, -0.15) is 4.98 Å². The number of carbonyl (C=O) groups excluding carboxylic acids is 1. The van der Waals surface area contributed by atoms with E-state index in [2.05, 4.69) is 15.5 Å². The molecule has 0 bridgehead atoms. The molecule has 28 heavy (non-hydrogen) atoms. The zero-order chi connectivity index (χ0) is 20.1. The van der Waals surface area contributed by atoms with E-state index in [1.807, 2.05) is 32.0 Å². The molecule has 8 heteroatoms. The number of hydrogen-bond donors (Lipinski definition) is 1. The van der Waals surface area contributed by atoms with Crippen molar-refractivity contribution in [2.75, 3.05) is 13.7 Å². The molecule has 0 aliphatic heterocycles. The number of carbonyl (C=O) groups is 1. The molecule has 0 unspecified atom stereocenters. The number of aryl methyl sites for hydroxylation is 2. The average Bonchev–Trinajstić information content (AvgIpc) is 3.18. The Morgan fingerprint density at radius 2 is 1.93 bits per heavy atom. The quantitative estimate of drug-likeness (QED) is 0.649. The molecule has 7 nitrogen and oxygen atoms in total. The van der Waals surface area contributed by atoms with Crippen LogP contribution < -0.4 is 14.8 Å². The van der Waals surface area contributed by atoms with E-state index in [0.717, 1.165) is 16.7 Å². The van der Waals surface area contributed by atoms with E-state index in [-0.39, 0.29) is 19.1 Å². The summed E-state index contributed by atoms with van der Waals surface area (Å²) in [6.45, 7) is 3.75. The molecule has 0 fully saturated rings. The zero-order valence-corrected chi connectivity index (χ0v) is 16.5. The lowest BCUT2D eigenvalue weighted by molar-refractivity contribution is -0.123. The number of aromatic nitrogens is 2. The summed E-state index contributed by atoms with van der Waals surface area (Å²) in [5.41, 5.74) is 2.55. The number of nitrogens with one attached hydrogen (secondary N) is 1. The van der Waals surface area contributed by atoms with Crippen molar-refractivity contribution in [3.05, 3.63) is 58.4 Å². The van der Waals surface area contributed by atoms with Gasteiger partial charge in [0.2, 0.25) is 11.7 Å². The van der Waals surface area contributed by atoms with E-state index in [9.17, 15) is 4.79 Å². The fraction of sp³-hybridized carbons (Fsp3) is 0.250. The van der Waals surface area contributed by atoms with Gasteiger partial charge in [0.25, 0.3) is 5.91 Å². The Balaban J connectivity index is 1.53. The third-order valence-corrected chi connectivity index (χ3v) is 4.61. The Kier molecular flexibility index (Phi) is 6.16. The van der Waals surface area contributed by atoms with Gasteiger partial charge in [0.05, 0.1) is 13.7 Å². The van der Waals surface area contributed by atoms with E-state index < -0.39 is 0 Å². The lowest BCUT2D eigenvalue weighted by Gasteiger charge is -2.09. The van der Waals surface area contributed by atoms with Crippen molar-refractivity contribution >= 4 is 17.5 Å². The van der Waals surface area contributed by atoms with Crippen LogP contribution in [0.3, 0.4) is 0 Å². The number of amides is 1. The third-order valence-electron chi connectivity index (χ3n) is 4.01. The van der Waals surface area contributed by atoms with Crippen LogP contribution >= 0.6 is 11.6 Å². The molecule has 1 N–H and O–H groups in total. The first-order valence-electron chi connectivity index (χ1n) is 8.59. The summed E-state index contributed by atoms with van der Waals surface area (Å²) in [5, 5.41) is 7.30. The van der Waals surface area contributed by atoms with Gasteiger partial charge in [0.15, 0.2) is 6.61 Å². The van der Waals surface area contributed by atoms with Crippen molar-refractivity contribution in [3.63, 3.8) is 0 Å². The molecule has 0 atom stereocenters. The maximum Gasteiger partial charge on any atom is 0.258 e. The molecule has 0 aliphatic carbocycles. The predicted molar refractivity (Wildman–Crippen MR) is 105 cm³/mol. The van der Waals surface area contributed by atoms with E-state index >= 15 is 0 Å². The van der Waals surface area contributed by atoms with Crippen LogP contribution in [0.2, 0.25) is 5.02 Å². The molecule has 0 aliphatic rings. The Morgan fingerprint density at radius 1 is 1.18 bits per heavy atom. The molecule has 1 heterocycles. The van der Waals surface area contributed by atoms with E-state index in [0.29, 0.717) is 28.2 Å². The Hall–Kier alpha value is -3.06. The van der Waals surface area contributed by atoms with Gasteiger partial charge in [-0.25, -0.2) is 0 Å². The lowest BCUT2D eigenvalue weighted by Crippen LogP contribution is -2.28. The summed E-state index contributed by atoms with van der Waals surface area (Å²) in [6.07, 6.45) is 0. The maximum absolute atomic E-state index is 12.0. The molecular formula is C20H20ClN3O4. The Labute approximate surface area is 167 Å². The SMILES string of the molecule is COc1cccc(-c2noc(CNC(=O)COc3cc(C)c(Cl)c(C)c3)n2)c1. The smallest absolute Gasteiger partial charge is 0.258 e. The fourth-order valence-corrected chi connectivity index (χ4v) is 2.68. The van der Waals surface area contributed by atoms with Crippen molar-refractivity contribution < 1.29 is 18.8 Å². The number of rotatable bonds is 7. The van der Waals surface area contributed by atoms with Crippen LogP contribution in [0.25, 0.3) is 11.4 Å². The molecule has 0 radical (unpaired) electrons. The topological polar surface area (TPSA) is 86.5 Å². The Bertz CT molecular complexity index is 964. The van der Waals surface area contributed by atoms with E-state index in [4.69, 9.17) is 25.6 Å². The van der Waals surface area contributed by atoms with Crippen molar-refractivity contribution in [1.29, 1.82) is 0 Å². The van der Waals surface area contributed by atoms with Crippen molar-refractivity contribution in [1.82, 2.24) is 15.5 Å². The number of nitrogens with zero attached hydrogens (tertiary/aromatic N) is 2. The average molecular weight is 402 g/mol. The van der Waals surface area contributed by atoms with Gasteiger partial charge in [-0.15, -0.1) is 0 Å². The lowest BCUT2D eigenvalue weighted by atomic mass is 10.1. The summed E-state index contributed by atoms with van der Waals surface area (Å²) in [6, 6.07) is 10.9. The van der Waals surface area contributed by atoms with Gasteiger partial charge in [-0.05, 0) is 49.2 Å². The van der Waals surface area contributed by atoms with Crippen LogP contribution in [0.5, 0.6) is 11.5 Å². The second-order valence-electron chi connectivity index (χ2n) is 6.18. The van der Waals surface area contributed by atoms with Crippen molar-refractivity contribution in [2.24, 2.45) is 0 Å². The van der Waals surface area contributed by atoms with Crippen LogP contribution in [-0.2, 0) is 11.3 Å². The monoisotopic (exact) mass is 401 g/mol. The van der Waals surface area contributed by atoms with Crippen molar-refractivity contribution in [2.45, 2.75) is 20.4 Å². The minimum atomic E-state index is -0.300. The summed E-state index contributed by atoms with van der Waals surface area (Å²) in [7, 11) is 1.59. The molecule has 1 amide bonds. The molecule has 1 aromatic heterocycles. The fourth-order valence-electron chi connectivity index (χ4n) is 2.57. The highest BCUT2D eigenvalue weighted by atomic mass is 35.5. The minimum Gasteiger partial charge on any atom is -0.497 e. The molecular weight excluding hydrogens is 382 g/mol. The van der Waals surface area contributed by atoms with Gasteiger partial charge < -0.3 is 19.3 Å². The molecule has 0 spiro atoms. The highest BCUT2D eigenvalue weighted by molar-refractivity contribution is 6.32. The number of ether oxygens (including phenoxy) is 2. The normalized spacial score (nSPS) is 10.6. The first kappa shape index (κ1) is 19.7. The van der Waals surface area contributed by atoms with Crippen LogP contribution in [-0.4, -0.2) is 29.8 Å². The van der Waals surface area contributed by atoms with E-state index in [1.54, 1.807) is 25.3 Å². The molecule has 0 saturated carbocycles. The first-order chi connectivity index (χ1) is 13.5. The highest BCUT2D eigenvalue weighted by Crippen LogP contribution is 2.25. The third kappa shape index (κ3) is 4.80. The van der Waals surface area contributed by atoms with Crippen LogP contribution in [0.1, 0.15) is 17.0 Å². The summed E-state index contributed by atoms with van der Waals surface area (Å²) >= 11 is 6.13. The number of benzene rings is 2. The van der Waals surface area contributed by atoms with Gasteiger partial charge >= 0.3 is 0 Å². The largest absolute Gasteiger partial charge is 0.497 e. The van der Waals surface area contributed by atoms with Crippen LogP contribution in [0, 0.1) is 13.8 Å². The van der Waals surface area contributed by atoms with Crippen LogP contribution in [0.15, 0.2) is 40.9 Å². The molecule has 3 rings (SSSR count). The summed E-state index contributed by atoms with van der Waals surface area (Å²) in [5.74, 6) is 1.71. The minimum absolute atomic E-state index is 0.109. The summed E-state index contributed by atoms with van der Waals surface area (Å²) < 4.78 is 15.9. The van der Waals surface area contributed by atoms with Gasteiger partial charge in [-0.3, -0.25) is 4.79 Å². The number of halogens is 1. The predicted octanol–water partition coefficient (Wildman–Crippen LogP) is 3.71. The summed E-state index contributed by atoms with van der Waals surface area (Å²) in [4.78, 5) is 16.3. The second kappa shape index (κ2) is 8.75. The zero-order valence-electron chi connectivity index (χ0n) is 15.8. The molecule has 146 valence electrons. The molecule has 0 saturated heterocycles. The Morgan fingerprint density at radius 3 is 2.64 bits per heavy atom. The maximum atomic E-state index is 12.0. The standard InChI is InChI=1S/C20H20ClN3O4/c1-12-7-16(8-13(2)19(12)21)27-11-17(25)22-10-18-23-20(24-28-18)14-5-4-6-15(9-14)26-3/h4-9H,10-11H2,1-3H3,(H,22,25).